The minimum atomic E-state index is -0.0748. The lowest BCUT2D eigenvalue weighted by atomic mass is 10.0. The zero-order valence-corrected chi connectivity index (χ0v) is 13.3. The molecule has 0 radical (unpaired) electrons. The number of ether oxygens (including phenoxy) is 2. The predicted molar refractivity (Wildman–Crippen MR) is 86.9 cm³/mol. The number of hydrogen-bond donors (Lipinski definition) is 2. The number of anilines is 1. The Morgan fingerprint density at radius 1 is 1.41 bits per heavy atom. The highest BCUT2D eigenvalue weighted by molar-refractivity contribution is 5.96. The normalized spacial score (nSPS) is 15.7. The molecule has 0 bridgehead atoms. The summed E-state index contributed by atoms with van der Waals surface area (Å²) in [6, 6.07) is 5.38. The van der Waals surface area contributed by atoms with Gasteiger partial charge in [-0.15, -0.1) is 0 Å². The first-order valence-electron chi connectivity index (χ1n) is 7.96. The Balaban J connectivity index is 1.60. The maximum atomic E-state index is 12.1. The van der Waals surface area contributed by atoms with Gasteiger partial charge in [0.05, 0.1) is 0 Å². The van der Waals surface area contributed by atoms with E-state index in [0.29, 0.717) is 30.3 Å². The summed E-state index contributed by atoms with van der Waals surface area (Å²) in [5, 5.41) is 2.91. The molecule has 1 amide bonds. The predicted octanol–water partition coefficient (Wildman–Crippen LogP) is 2.14. The van der Waals surface area contributed by atoms with E-state index in [2.05, 4.69) is 5.32 Å². The SMILES string of the molecule is Cc1ccc(N)cc1C(=O)NCCCOCC1CCOCC1. The number of carbonyl (C=O) groups excluding carboxylic acids is 1. The van der Waals surface area contributed by atoms with E-state index in [1.54, 1.807) is 12.1 Å². The second-order valence-corrected chi connectivity index (χ2v) is 5.81. The van der Waals surface area contributed by atoms with Gasteiger partial charge in [-0.2, -0.15) is 0 Å². The van der Waals surface area contributed by atoms with Crippen LogP contribution >= 0.6 is 0 Å². The van der Waals surface area contributed by atoms with Crippen molar-refractivity contribution in [3.05, 3.63) is 29.3 Å². The Hall–Kier alpha value is -1.59. The summed E-state index contributed by atoms with van der Waals surface area (Å²) in [5.41, 5.74) is 7.90. The van der Waals surface area contributed by atoms with Crippen molar-refractivity contribution in [2.45, 2.75) is 26.2 Å². The molecular weight excluding hydrogens is 280 g/mol. The molecule has 3 N–H and O–H groups in total. The first-order chi connectivity index (χ1) is 10.7. The van der Waals surface area contributed by atoms with Gasteiger partial charge in [0.25, 0.3) is 5.91 Å². The molecule has 22 heavy (non-hydrogen) atoms. The maximum Gasteiger partial charge on any atom is 0.251 e. The topological polar surface area (TPSA) is 73.6 Å². The van der Waals surface area contributed by atoms with Crippen LogP contribution in [0.4, 0.5) is 5.69 Å². The van der Waals surface area contributed by atoms with Crippen LogP contribution in [0, 0.1) is 12.8 Å². The van der Waals surface area contributed by atoms with Crippen molar-refractivity contribution in [1.82, 2.24) is 5.32 Å². The van der Waals surface area contributed by atoms with Gasteiger partial charge in [0.1, 0.15) is 0 Å². The summed E-state index contributed by atoms with van der Waals surface area (Å²) in [5.74, 6) is 0.549. The van der Waals surface area contributed by atoms with E-state index in [1.807, 2.05) is 13.0 Å². The van der Waals surface area contributed by atoms with Crippen LogP contribution in [0.1, 0.15) is 35.2 Å². The molecule has 0 aromatic heterocycles. The molecule has 0 atom stereocenters. The monoisotopic (exact) mass is 306 g/mol. The fourth-order valence-electron chi connectivity index (χ4n) is 2.52. The largest absolute Gasteiger partial charge is 0.399 e. The van der Waals surface area contributed by atoms with E-state index < -0.39 is 0 Å². The molecule has 1 fully saturated rings. The van der Waals surface area contributed by atoms with Gasteiger partial charge in [0.2, 0.25) is 0 Å². The molecule has 1 aliphatic heterocycles. The lowest BCUT2D eigenvalue weighted by Gasteiger charge is -2.21. The minimum Gasteiger partial charge on any atom is -0.399 e. The Bertz CT molecular complexity index is 485. The Kier molecular flexibility index (Phi) is 6.68. The van der Waals surface area contributed by atoms with Gasteiger partial charge in [-0.05, 0) is 49.8 Å². The number of nitrogen functional groups attached to an aromatic ring is 1. The molecular formula is C17H26N2O3. The third-order valence-electron chi connectivity index (χ3n) is 3.95. The molecule has 2 rings (SSSR count). The van der Waals surface area contributed by atoms with E-state index in [1.165, 1.54) is 0 Å². The van der Waals surface area contributed by atoms with Crippen LogP contribution in [0.25, 0.3) is 0 Å². The molecule has 0 unspecified atom stereocenters. The van der Waals surface area contributed by atoms with Crippen LogP contribution in [0.15, 0.2) is 18.2 Å². The highest BCUT2D eigenvalue weighted by Crippen LogP contribution is 2.15. The number of rotatable bonds is 7. The maximum absolute atomic E-state index is 12.1. The highest BCUT2D eigenvalue weighted by Gasteiger charge is 2.13. The summed E-state index contributed by atoms with van der Waals surface area (Å²) in [6.07, 6.45) is 2.99. The molecule has 0 saturated carbocycles. The number of nitrogens with one attached hydrogen (secondary N) is 1. The van der Waals surface area contributed by atoms with E-state index in [-0.39, 0.29) is 5.91 Å². The van der Waals surface area contributed by atoms with Gasteiger partial charge in [-0.1, -0.05) is 6.07 Å². The lowest BCUT2D eigenvalue weighted by Crippen LogP contribution is -2.26. The van der Waals surface area contributed by atoms with Crippen molar-refractivity contribution < 1.29 is 14.3 Å². The molecule has 1 saturated heterocycles. The number of nitrogens with two attached hydrogens (primary N) is 1. The Morgan fingerprint density at radius 2 is 2.18 bits per heavy atom. The van der Waals surface area contributed by atoms with Crippen molar-refractivity contribution in [2.75, 3.05) is 38.7 Å². The van der Waals surface area contributed by atoms with Crippen molar-refractivity contribution in [2.24, 2.45) is 5.92 Å². The second-order valence-electron chi connectivity index (χ2n) is 5.81. The van der Waals surface area contributed by atoms with Crippen LogP contribution in [-0.4, -0.2) is 38.9 Å². The third-order valence-corrected chi connectivity index (χ3v) is 3.95. The molecule has 1 aromatic carbocycles. The molecule has 5 heteroatoms. The second kappa shape index (κ2) is 8.76. The molecule has 0 aliphatic carbocycles. The van der Waals surface area contributed by atoms with Gasteiger partial charge in [-0.3, -0.25) is 4.79 Å². The molecule has 0 spiro atoms. The van der Waals surface area contributed by atoms with Crippen molar-refractivity contribution >= 4 is 11.6 Å². The number of aryl methyl sites for hydroxylation is 1. The van der Waals surface area contributed by atoms with Gasteiger partial charge in [-0.25, -0.2) is 0 Å². The molecule has 122 valence electrons. The average molecular weight is 306 g/mol. The van der Waals surface area contributed by atoms with E-state index in [9.17, 15) is 4.79 Å². The Labute approximate surface area is 132 Å². The van der Waals surface area contributed by atoms with E-state index in [0.717, 1.165) is 44.6 Å². The van der Waals surface area contributed by atoms with E-state index in [4.69, 9.17) is 15.2 Å². The standard InChI is InChI=1S/C17H26N2O3/c1-13-3-4-15(18)11-16(13)17(20)19-7-2-8-22-12-14-5-9-21-10-6-14/h3-4,11,14H,2,5-10,12,18H2,1H3,(H,19,20). The van der Waals surface area contributed by atoms with Crippen molar-refractivity contribution in [1.29, 1.82) is 0 Å². The van der Waals surface area contributed by atoms with Crippen molar-refractivity contribution in [3.63, 3.8) is 0 Å². The van der Waals surface area contributed by atoms with Gasteiger partial charge < -0.3 is 20.5 Å². The van der Waals surface area contributed by atoms with Gasteiger partial charge in [0, 0.05) is 44.2 Å². The molecule has 1 aromatic rings. The molecule has 1 heterocycles. The van der Waals surface area contributed by atoms with E-state index >= 15 is 0 Å². The number of hydrogen-bond acceptors (Lipinski definition) is 4. The zero-order chi connectivity index (χ0) is 15.8. The smallest absolute Gasteiger partial charge is 0.251 e. The third kappa shape index (κ3) is 5.31. The van der Waals surface area contributed by atoms with Crippen LogP contribution in [0.3, 0.4) is 0 Å². The first kappa shape index (κ1) is 16.8. The highest BCUT2D eigenvalue weighted by atomic mass is 16.5. The number of amides is 1. The summed E-state index contributed by atoms with van der Waals surface area (Å²) >= 11 is 0. The average Bonchev–Trinajstić information content (AvgIpc) is 2.54. The zero-order valence-electron chi connectivity index (χ0n) is 13.3. The number of benzene rings is 1. The minimum absolute atomic E-state index is 0.0748. The van der Waals surface area contributed by atoms with Crippen LogP contribution < -0.4 is 11.1 Å². The summed E-state index contributed by atoms with van der Waals surface area (Å²) in [7, 11) is 0. The van der Waals surface area contributed by atoms with Crippen LogP contribution in [0.5, 0.6) is 0 Å². The molecule has 1 aliphatic rings. The van der Waals surface area contributed by atoms with Crippen LogP contribution in [0.2, 0.25) is 0 Å². The lowest BCUT2D eigenvalue weighted by molar-refractivity contribution is 0.0202. The summed E-state index contributed by atoms with van der Waals surface area (Å²) in [4.78, 5) is 12.1. The Morgan fingerprint density at radius 3 is 2.95 bits per heavy atom. The quantitative estimate of drug-likeness (QED) is 0.598. The summed E-state index contributed by atoms with van der Waals surface area (Å²) < 4.78 is 11.0. The van der Waals surface area contributed by atoms with Crippen molar-refractivity contribution in [3.8, 4) is 0 Å². The fraction of sp³-hybridized carbons (Fsp3) is 0.588. The van der Waals surface area contributed by atoms with Gasteiger partial charge in [0.15, 0.2) is 0 Å². The van der Waals surface area contributed by atoms with Gasteiger partial charge >= 0.3 is 0 Å². The summed E-state index contributed by atoms with van der Waals surface area (Å²) in [6.45, 7) is 5.69. The van der Waals surface area contributed by atoms with Crippen LogP contribution in [-0.2, 0) is 9.47 Å². The fourth-order valence-corrected chi connectivity index (χ4v) is 2.52. The first-order valence-corrected chi connectivity index (χ1v) is 7.96. The number of carbonyl (C=O) groups is 1. The molecule has 5 nitrogen and oxygen atoms in total.